The van der Waals surface area contributed by atoms with Crippen LogP contribution >= 0.6 is 0 Å². The number of anilines is 2. The molecule has 6 N–H and O–H groups in total. The quantitative estimate of drug-likeness (QED) is 0.101. The number of nitrogen functional groups attached to an aromatic ring is 1. The summed E-state index contributed by atoms with van der Waals surface area (Å²) in [5.74, 6) is -1.63. The first kappa shape index (κ1) is 32.1. The minimum atomic E-state index is -1.19. The normalized spacial score (nSPS) is 11.2. The first-order valence-corrected chi connectivity index (χ1v) is 14.1. The second-order valence-corrected chi connectivity index (χ2v) is 10.2. The van der Waals surface area contributed by atoms with Crippen LogP contribution in [0.1, 0.15) is 35.2 Å². The maximum absolute atomic E-state index is 14.4. The summed E-state index contributed by atoms with van der Waals surface area (Å²) in [5.41, 5.74) is 8.84. The molecule has 0 spiro atoms. The molecule has 0 aliphatic heterocycles. The van der Waals surface area contributed by atoms with Crippen LogP contribution in [-0.4, -0.2) is 47.3 Å². The maximum atomic E-state index is 14.4. The van der Waals surface area contributed by atoms with Crippen molar-refractivity contribution in [2.24, 2.45) is 5.73 Å². The highest BCUT2D eigenvalue weighted by molar-refractivity contribution is 5.96. The number of methoxy groups -OCH3 is 1. The summed E-state index contributed by atoms with van der Waals surface area (Å²) in [4.78, 5) is 39.9. The zero-order valence-electron chi connectivity index (χ0n) is 24.9. The van der Waals surface area contributed by atoms with Gasteiger partial charge in [-0.1, -0.05) is 60.7 Å². The van der Waals surface area contributed by atoms with Crippen LogP contribution in [-0.2, 0) is 27.5 Å². The highest BCUT2D eigenvalue weighted by Gasteiger charge is 2.31. The smallest absolute Gasteiger partial charge is 0.323 e. The van der Waals surface area contributed by atoms with Gasteiger partial charge in [-0.3, -0.25) is 19.8 Å². The van der Waals surface area contributed by atoms with Crippen molar-refractivity contribution >= 4 is 35.0 Å². The van der Waals surface area contributed by atoms with Gasteiger partial charge < -0.3 is 35.8 Å². The Morgan fingerprint density at radius 3 is 2.09 bits per heavy atom. The SMILES string of the molecule is COc1cc(C(Nc2ccc(C(=N)N)cc2)C(=O)N(CC(=O)O)Cc2ccccc2)c(NC(C)=O)cc1OCc1ccccc1. The number of rotatable bonds is 14. The third-order valence-corrected chi connectivity index (χ3v) is 6.80. The maximum Gasteiger partial charge on any atom is 0.323 e. The van der Waals surface area contributed by atoms with Crippen LogP contribution in [0.2, 0.25) is 0 Å². The molecule has 0 radical (unpaired) electrons. The van der Waals surface area contributed by atoms with Crippen molar-refractivity contribution in [3.8, 4) is 11.5 Å². The van der Waals surface area contributed by atoms with E-state index in [1.54, 1.807) is 60.7 Å². The first-order valence-electron chi connectivity index (χ1n) is 14.1. The molecule has 4 rings (SSSR count). The lowest BCUT2D eigenvalue weighted by molar-refractivity contribution is -0.145. The van der Waals surface area contributed by atoms with Crippen LogP contribution in [0.25, 0.3) is 0 Å². The number of aliphatic carboxylic acids is 1. The van der Waals surface area contributed by atoms with Gasteiger partial charge >= 0.3 is 5.97 Å². The fourth-order valence-electron chi connectivity index (χ4n) is 4.67. The number of amidine groups is 1. The number of nitrogens with zero attached hydrogens (tertiary/aromatic N) is 1. The van der Waals surface area contributed by atoms with Gasteiger partial charge in [-0.2, -0.15) is 0 Å². The van der Waals surface area contributed by atoms with Gasteiger partial charge in [0.05, 0.1) is 12.8 Å². The van der Waals surface area contributed by atoms with E-state index in [4.69, 9.17) is 20.6 Å². The molecule has 0 bridgehead atoms. The number of hydrogen-bond acceptors (Lipinski definition) is 7. The number of carboxylic acids is 1. The Bertz CT molecular complexity index is 1650. The lowest BCUT2D eigenvalue weighted by atomic mass is 10.0. The van der Waals surface area contributed by atoms with E-state index in [0.29, 0.717) is 28.3 Å². The van der Waals surface area contributed by atoms with Crippen molar-refractivity contribution < 1.29 is 29.0 Å². The van der Waals surface area contributed by atoms with Gasteiger partial charge in [0.2, 0.25) is 5.91 Å². The summed E-state index contributed by atoms with van der Waals surface area (Å²) in [6, 6.07) is 27.1. The summed E-state index contributed by atoms with van der Waals surface area (Å²) in [5, 5.41) is 23.4. The molecule has 11 heteroatoms. The van der Waals surface area contributed by atoms with Gasteiger partial charge in [0.1, 0.15) is 25.0 Å². The van der Waals surface area contributed by atoms with Crippen molar-refractivity contribution in [2.75, 3.05) is 24.3 Å². The number of nitrogens with two attached hydrogens (primary N) is 1. The summed E-state index contributed by atoms with van der Waals surface area (Å²) in [6.07, 6.45) is 0. The van der Waals surface area contributed by atoms with Gasteiger partial charge in [0.25, 0.3) is 5.91 Å². The van der Waals surface area contributed by atoms with Gasteiger partial charge in [-0.25, -0.2) is 0 Å². The lowest BCUT2D eigenvalue weighted by Crippen LogP contribution is -2.41. The van der Waals surface area contributed by atoms with Crippen LogP contribution in [0.5, 0.6) is 11.5 Å². The monoisotopic (exact) mass is 609 g/mol. The average molecular weight is 610 g/mol. The van der Waals surface area contributed by atoms with Crippen molar-refractivity contribution in [1.29, 1.82) is 5.41 Å². The fourth-order valence-corrected chi connectivity index (χ4v) is 4.67. The molecule has 11 nitrogen and oxygen atoms in total. The number of nitrogens with one attached hydrogen (secondary N) is 3. The molecule has 0 aliphatic carbocycles. The van der Waals surface area contributed by atoms with E-state index in [-0.39, 0.29) is 30.6 Å². The summed E-state index contributed by atoms with van der Waals surface area (Å²) < 4.78 is 11.7. The summed E-state index contributed by atoms with van der Waals surface area (Å²) >= 11 is 0. The van der Waals surface area contributed by atoms with Crippen LogP contribution in [0.3, 0.4) is 0 Å². The molecule has 232 valence electrons. The number of carboxylic acid groups (broad SMARTS) is 1. The highest BCUT2D eigenvalue weighted by atomic mass is 16.5. The molecule has 0 aromatic heterocycles. The van der Waals surface area contributed by atoms with E-state index < -0.39 is 24.5 Å². The molecule has 4 aromatic carbocycles. The molecule has 0 aliphatic rings. The second kappa shape index (κ2) is 15.1. The molecule has 1 unspecified atom stereocenters. The van der Waals surface area contributed by atoms with Crippen LogP contribution in [0, 0.1) is 5.41 Å². The first-order chi connectivity index (χ1) is 21.6. The minimum Gasteiger partial charge on any atom is -0.493 e. The van der Waals surface area contributed by atoms with E-state index >= 15 is 0 Å². The number of carbonyl (C=O) groups is 3. The molecule has 0 fully saturated rings. The average Bonchev–Trinajstić information content (AvgIpc) is 3.03. The molecule has 4 aromatic rings. The lowest BCUT2D eigenvalue weighted by Gasteiger charge is -2.29. The van der Waals surface area contributed by atoms with Gasteiger partial charge in [0, 0.05) is 36.3 Å². The van der Waals surface area contributed by atoms with Crippen molar-refractivity contribution in [1.82, 2.24) is 4.90 Å². The second-order valence-electron chi connectivity index (χ2n) is 10.2. The Labute approximate surface area is 261 Å². The fraction of sp³-hybridized carbons (Fsp3) is 0.176. The predicted octanol–water partition coefficient (Wildman–Crippen LogP) is 4.78. The highest BCUT2D eigenvalue weighted by Crippen LogP contribution is 2.39. The van der Waals surface area contributed by atoms with E-state index in [0.717, 1.165) is 11.1 Å². The standard InChI is InChI=1S/C34H35N5O6/c1-22(40)37-28-18-30(45-21-24-11-7-4-8-12-24)29(44-2)17-27(28)32(38-26-15-13-25(14-16-26)33(35)36)34(43)39(20-31(41)42)19-23-9-5-3-6-10-23/h3-18,32,38H,19-21H2,1-2H3,(H3,35,36)(H,37,40)(H,41,42). The Hall–Kier alpha value is -5.84. The Kier molecular flexibility index (Phi) is 10.7. The molecule has 1 atom stereocenters. The molecular weight excluding hydrogens is 574 g/mol. The third kappa shape index (κ3) is 8.83. The van der Waals surface area contributed by atoms with Crippen molar-refractivity contribution in [3.63, 3.8) is 0 Å². The minimum absolute atomic E-state index is 0.0261. The third-order valence-electron chi connectivity index (χ3n) is 6.80. The van der Waals surface area contributed by atoms with Crippen molar-refractivity contribution in [2.45, 2.75) is 26.1 Å². The Morgan fingerprint density at radius 1 is 0.911 bits per heavy atom. The van der Waals surface area contributed by atoms with E-state index in [1.807, 2.05) is 36.4 Å². The number of carbonyl (C=O) groups excluding carboxylic acids is 2. The number of ether oxygens (including phenoxy) is 2. The summed E-state index contributed by atoms with van der Waals surface area (Å²) in [6.45, 7) is 1.02. The molecular formula is C34H35N5O6. The van der Waals surface area contributed by atoms with Gasteiger partial charge in [0.15, 0.2) is 11.5 Å². The molecule has 0 saturated heterocycles. The molecule has 0 saturated carbocycles. The zero-order chi connectivity index (χ0) is 32.3. The van der Waals surface area contributed by atoms with Crippen LogP contribution in [0.4, 0.5) is 11.4 Å². The molecule has 2 amide bonds. The topological polar surface area (TPSA) is 167 Å². The van der Waals surface area contributed by atoms with E-state index in [2.05, 4.69) is 10.6 Å². The zero-order valence-corrected chi connectivity index (χ0v) is 24.9. The number of amides is 2. The largest absolute Gasteiger partial charge is 0.493 e. The van der Waals surface area contributed by atoms with Crippen molar-refractivity contribution in [3.05, 3.63) is 119 Å². The number of benzene rings is 4. The van der Waals surface area contributed by atoms with E-state index in [9.17, 15) is 19.5 Å². The number of hydrogen-bond donors (Lipinski definition) is 5. The predicted molar refractivity (Wildman–Crippen MR) is 171 cm³/mol. The van der Waals surface area contributed by atoms with Crippen LogP contribution < -0.4 is 25.8 Å². The summed E-state index contributed by atoms with van der Waals surface area (Å²) in [7, 11) is 1.46. The van der Waals surface area contributed by atoms with E-state index in [1.165, 1.54) is 18.9 Å². The molecule has 0 heterocycles. The Morgan fingerprint density at radius 2 is 1.53 bits per heavy atom. The molecule has 45 heavy (non-hydrogen) atoms. The van der Waals surface area contributed by atoms with Gasteiger partial charge in [-0.15, -0.1) is 0 Å². The van der Waals surface area contributed by atoms with Gasteiger partial charge in [-0.05, 0) is 41.5 Å². The van der Waals surface area contributed by atoms with Crippen LogP contribution in [0.15, 0.2) is 97.1 Å². The Balaban J connectivity index is 1.81.